The summed E-state index contributed by atoms with van der Waals surface area (Å²) in [4.78, 5) is 20.2. The quantitative estimate of drug-likeness (QED) is 0.184. The molecule has 1 aromatic heterocycles. The summed E-state index contributed by atoms with van der Waals surface area (Å²) in [7, 11) is 0. The number of aryl methyl sites for hydroxylation is 1. The third kappa shape index (κ3) is 3.61. The van der Waals surface area contributed by atoms with Crippen molar-refractivity contribution in [1.82, 2.24) is 9.55 Å². The van der Waals surface area contributed by atoms with Crippen LogP contribution in [-0.4, -0.2) is 25.8 Å². The number of hydrogen-bond donors (Lipinski definition) is 1. The van der Waals surface area contributed by atoms with Crippen molar-refractivity contribution in [2.24, 2.45) is 4.99 Å². The molecule has 0 saturated heterocycles. The Balaban J connectivity index is 1.80. The summed E-state index contributed by atoms with van der Waals surface area (Å²) in [5.41, 5.74) is 2.05. The number of nitro groups is 1. The Morgan fingerprint density at radius 2 is 1.87 bits per heavy atom. The van der Waals surface area contributed by atoms with Crippen molar-refractivity contribution in [3.63, 3.8) is 0 Å². The van der Waals surface area contributed by atoms with Crippen LogP contribution in [0.4, 0.5) is 11.6 Å². The van der Waals surface area contributed by atoms with E-state index in [4.69, 9.17) is 0 Å². The second-order valence-electron chi connectivity index (χ2n) is 7.15. The Kier molecular flexibility index (Phi) is 5.43. The van der Waals surface area contributed by atoms with Gasteiger partial charge in [0.1, 0.15) is 5.75 Å². The molecule has 152 valence electrons. The maximum Gasteiger partial charge on any atom is 0.278 e. The number of imidazole rings is 1. The zero-order valence-electron chi connectivity index (χ0n) is 16.7. The third-order valence-electron chi connectivity index (χ3n) is 5.16. The van der Waals surface area contributed by atoms with Crippen LogP contribution in [-0.2, 0) is 6.54 Å². The molecule has 0 atom stereocenters. The van der Waals surface area contributed by atoms with E-state index >= 15 is 0 Å². The number of nitro benzene ring substituents is 1. The lowest BCUT2D eigenvalue weighted by molar-refractivity contribution is -0.383. The standard InChI is InChI=1S/C23H22N4O3/c1-2-3-8-13-26-20-12-7-6-11-19(20)25-23(26)24-15-16-14-21(27(29)30)17-9-4-5-10-18(17)22(16)28/h4-7,9-12,14-15,28H,2-3,8,13H2,1H3. The van der Waals surface area contributed by atoms with Crippen molar-refractivity contribution in [3.05, 3.63) is 70.3 Å². The molecule has 0 fully saturated rings. The number of phenolic OH excluding ortho intramolecular Hbond substituents is 1. The van der Waals surface area contributed by atoms with E-state index in [9.17, 15) is 15.2 Å². The van der Waals surface area contributed by atoms with Gasteiger partial charge < -0.3 is 9.67 Å². The smallest absolute Gasteiger partial charge is 0.278 e. The van der Waals surface area contributed by atoms with Crippen LogP contribution in [0.25, 0.3) is 21.8 Å². The highest BCUT2D eigenvalue weighted by Gasteiger charge is 2.18. The van der Waals surface area contributed by atoms with Gasteiger partial charge in [0.25, 0.3) is 5.69 Å². The highest BCUT2D eigenvalue weighted by Crippen LogP contribution is 2.35. The summed E-state index contributed by atoms with van der Waals surface area (Å²) in [6.07, 6.45) is 4.67. The van der Waals surface area contributed by atoms with Gasteiger partial charge in [-0.3, -0.25) is 10.1 Å². The normalized spacial score (nSPS) is 11.6. The highest BCUT2D eigenvalue weighted by atomic mass is 16.6. The van der Waals surface area contributed by atoms with Gasteiger partial charge >= 0.3 is 0 Å². The van der Waals surface area contributed by atoms with E-state index in [-0.39, 0.29) is 17.0 Å². The molecule has 4 aromatic rings. The number of unbranched alkanes of at least 4 members (excludes halogenated alkanes) is 2. The molecule has 0 aliphatic rings. The lowest BCUT2D eigenvalue weighted by atomic mass is 10.0. The summed E-state index contributed by atoms with van der Waals surface area (Å²) in [5.74, 6) is 0.483. The second-order valence-corrected chi connectivity index (χ2v) is 7.15. The molecule has 0 unspecified atom stereocenters. The lowest BCUT2D eigenvalue weighted by Gasteiger charge is -2.07. The van der Waals surface area contributed by atoms with Crippen molar-refractivity contribution in [2.75, 3.05) is 0 Å². The summed E-state index contributed by atoms with van der Waals surface area (Å²) >= 11 is 0. The predicted molar refractivity (Wildman–Crippen MR) is 119 cm³/mol. The maximum absolute atomic E-state index is 11.5. The number of para-hydroxylation sites is 2. The zero-order chi connectivity index (χ0) is 21.1. The van der Waals surface area contributed by atoms with E-state index in [2.05, 4.69) is 16.9 Å². The molecule has 7 nitrogen and oxygen atoms in total. The largest absolute Gasteiger partial charge is 0.507 e. The third-order valence-corrected chi connectivity index (χ3v) is 5.16. The van der Waals surface area contributed by atoms with Crippen molar-refractivity contribution < 1.29 is 10.0 Å². The SMILES string of the molecule is CCCCCn1c(N=Cc2cc([N+](=O)[O-])c3ccccc3c2O)nc2ccccc21. The minimum atomic E-state index is -0.445. The molecule has 0 aliphatic carbocycles. The van der Waals surface area contributed by atoms with Gasteiger partial charge in [0.05, 0.1) is 21.3 Å². The molecular formula is C23H22N4O3. The number of phenols is 1. The van der Waals surface area contributed by atoms with E-state index in [1.807, 2.05) is 28.8 Å². The molecule has 0 bridgehead atoms. The van der Waals surface area contributed by atoms with Gasteiger partial charge in [-0.25, -0.2) is 9.98 Å². The topological polar surface area (TPSA) is 93.5 Å². The van der Waals surface area contributed by atoms with Crippen LogP contribution in [0.3, 0.4) is 0 Å². The number of hydrogen-bond acceptors (Lipinski definition) is 5. The van der Waals surface area contributed by atoms with Crippen molar-refractivity contribution in [3.8, 4) is 5.75 Å². The van der Waals surface area contributed by atoms with Crippen LogP contribution in [0.2, 0.25) is 0 Å². The molecule has 0 aliphatic heterocycles. The second kappa shape index (κ2) is 8.32. The van der Waals surface area contributed by atoms with Gasteiger partial charge in [-0.2, -0.15) is 0 Å². The van der Waals surface area contributed by atoms with Gasteiger partial charge in [-0.1, -0.05) is 50.1 Å². The Morgan fingerprint density at radius 1 is 1.13 bits per heavy atom. The molecule has 3 aromatic carbocycles. The van der Waals surface area contributed by atoms with Gasteiger partial charge in [0.15, 0.2) is 0 Å². The van der Waals surface area contributed by atoms with Crippen LogP contribution in [0.1, 0.15) is 31.7 Å². The summed E-state index contributed by atoms with van der Waals surface area (Å²) in [5, 5.41) is 23.0. The van der Waals surface area contributed by atoms with Gasteiger partial charge in [-0.15, -0.1) is 0 Å². The van der Waals surface area contributed by atoms with Crippen molar-refractivity contribution >= 4 is 39.7 Å². The summed E-state index contributed by atoms with van der Waals surface area (Å²) < 4.78 is 2.05. The van der Waals surface area contributed by atoms with Gasteiger partial charge in [0.2, 0.25) is 5.95 Å². The number of benzene rings is 3. The Bertz CT molecular complexity index is 1260. The first-order valence-corrected chi connectivity index (χ1v) is 9.98. The van der Waals surface area contributed by atoms with Crippen LogP contribution >= 0.6 is 0 Å². The monoisotopic (exact) mass is 402 g/mol. The maximum atomic E-state index is 11.5. The molecular weight excluding hydrogens is 380 g/mol. The molecule has 0 saturated carbocycles. The number of aromatic hydroxyl groups is 1. The Labute approximate surface area is 173 Å². The van der Waals surface area contributed by atoms with E-state index in [1.54, 1.807) is 24.3 Å². The van der Waals surface area contributed by atoms with Crippen LogP contribution in [0.15, 0.2) is 59.6 Å². The fourth-order valence-corrected chi connectivity index (χ4v) is 3.64. The number of rotatable bonds is 7. The van der Waals surface area contributed by atoms with Crippen LogP contribution in [0.5, 0.6) is 5.75 Å². The van der Waals surface area contributed by atoms with E-state index in [0.29, 0.717) is 16.7 Å². The van der Waals surface area contributed by atoms with E-state index < -0.39 is 4.92 Å². The minimum Gasteiger partial charge on any atom is -0.507 e. The fourth-order valence-electron chi connectivity index (χ4n) is 3.64. The molecule has 1 N–H and O–H groups in total. The first-order valence-electron chi connectivity index (χ1n) is 9.98. The highest BCUT2D eigenvalue weighted by molar-refractivity contribution is 6.02. The van der Waals surface area contributed by atoms with Crippen molar-refractivity contribution in [2.45, 2.75) is 32.7 Å². The van der Waals surface area contributed by atoms with Gasteiger partial charge in [0, 0.05) is 29.8 Å². The average Bonchev–Trinajstić information content (AvgIpc) is 3.11. The number of aliphatic imine (C=N–C) groups is 1. The van der Waals surface area contributed by atoms with E-state index in [1.165, 1.54) is 12.3 Å². The van der Waals surface area contributed by atoms with Crippen molar-refractivity contribution in [1.29, 1.82) is 0 Å². The zero-order valence-corrected chi connectivity index (χ0v) is 16.7. The summed E-state index contributed by atoms with van der Waals surface area (Å²) in [6, 6.07) is 15.9. The number of fused-ring (bicyclic) bond motifs is 2. The molecule has 7 heteroatoms. The Morgan fingerprint density at radius 3 is 2.63 bits per heavy atom. The molecule has 30 heavy (non-hydrogen) atoms. The molecule has 0 amide bonds. The number of non-ortho nitro benzene ring substituents is 1. The first kappa shape index (κ1) is 19.6. The Hall–Kier alpha value is -3.74. The molecule has 0 spiro atoms. The summed E-state index contributed by atoms with van der Waals surface area (Å²) in [6.45, 7) is 2.94. The van der Waals surface area contributed by atoms with Crippen LogP contribution in [0, 0.1) is 10.1 Å². The minimum absolute atomic E-state index is 0.0337. The number of aromatic nitrogens is 2. The molecule has 1 heterocycles. The van der Waals surface area contributed by atoms with Gasteiger partial charge in [-0.05, 0) is 24.6 Å². The number of nitrogens with zero attached hydrogens (tertiary/aromatic N) is 4. The predicted octanol–water partition coefficient (Wildman–Crippen LogP) is 5.74. The fraction of sp³-hybridized carbons (Fsp3) is 0.217. The van der Waals surface area contributed by atoms with E-state index in [0.717, 1.165) is 36.8 Å². The van der Waals surface area contributed by atoms with Crippen LogP contribution < -0.4 is 0 Å². The molecule has 4 rings (SSSR count). The first-order chi connectivity index (χ1) is 14.6. The average molecular weight is 402 g/mol. The lowest BCUT2D eigenvalue weighted by Crippen LogP contribution is -1.98. The molecule has 0 radical (unpaired) electrons.